The minimum Gasteiger partial charge on any atom is -0.380 e. The van der Waals surface area contributed by atoms with E-state index < -0.39 is 0 Å². The van der Waals surface area contributed by atoms with Crippen LogP contribution in [0.15, 0.2) is 24.3 Å². The summed E-state index contributed by atoms with van der Waals surface area (Å²) in [5.41, 5.74) is 6.91. The maximum atomic E-state index is 11.3. The van der Waals surface area contributed by atoms with Crippen molar-refractivity contribution in [2.75, 3.05) is 7.11 Å². The van der Waals surface area contributed by atoms with Gasteiger partial charge in [0.1, 0.15) is 0 Å². The van der Waals surface area contributed by atoms with Crippen LogP contribution in [0.2, 0.25) is 0 Å². The highest BCUT2D eigenvalue weighted by Crippen LogP contribution is 2.22. The first-order chi connectivity index (χ1) is 8.72. The molecule has 2 rings (SSSR count). The third kappa shape index (κ3) is 2.89. The molecule has 1 aliphatic rings. The molecule has 1 aromatic carbocycles. The Labute approximate surface area is 108 Å². The van der Waals surface area contributed by atoms with Crippen LogP contribution < -0.4 is 11.1 Å². The van der Waals surface area contributed by atoms with Gasteiger partial charge in [0, 0.05) is 25.3 Å². The van der Waals surface area contributed by atoms with Gasteiger partial charge in [-0.15, -0.1) is 0 Å². The number of benzene rings is 1. The standard InChI is InChI=1S/C14H20N2O2/c1-18-13-8-4-7-12(13)16-9-10-5-2-3-6-11(10)14(15)17/h2-3,5-6,12-13,16H,4,7-9H2,1H3,(H2,15,17). The number of hydrogen-bond donors (Lipinski definition) is 2. The summed E-state index contributed by atoms with van der Waals surface area (Å²) in [6.45, 7) is 0.656. The molecule has 4 heteroatoms. The molecule has 18 heavy (non-hydrogen) atoms. The van der Waals surface area contributed by atoms with Crippen LogP contribution in [0.25, 0.3) is 0 Å². The highest BCUT2D eigenvalue weighted by atomic mass is 16.5. The van der Waals surface area contributed by atoms with Crippen LogP contribution in [0.5, 0.6) is 0 Å². The smallest absolute Gasteiger partial charge is 0.249 e. The molecular formula is C14H20N2O2. The molecule has 98 valence electrons. The zero-order valence-electron chi connectivity index (χ0n) is 10.7. The van der Waals surface area contributed by atoms with Crippen LogP contribution in [-0.2, 0) is 11.3 Å². The van der Waals surface area contributed by atoms with Gasteiger partial charge in [-0.2, -0.15) is 0 Å². The van der Waals surface area contributed by atoms with Gasteiger partial charge in [-0.25, -0.2) is 0 Å². The summed E-state index contributed by atoms with van der Waals surface area (Å²) in [6.07, 6.45) is 3.70. The van der Waals surface area contributed by atoms with Crippen molar-refractivity contribution in [2.24, 2.45) is 5.73 Å². The van der Waals surface area contributed by atoms with E-state index in [-0.39, 0.29) is 12.0 Å². The second kappa shape index (κ2) is 5.98. The molecule has 0 spiro atoms. The van der Waals surface area contributed by atoms with Crippen molar-refractivity contribution in [3.05, 3.63) is 35.4 Å². The Morgan fingerprint density at radius 2 is 2.22 bits per heavy atom. The highest BCUT2D eigenvalue weighted by Gasteiger charge is 2.26. The molecule has 1 aliphatic carbocycles. The van der Waals surface area contributed by atoms with Crippen molar-refractivity contribution in [3.63, 3.8) is 0 Å². The number of nitrogens with one attached hydrogen (secondary N) is 1. The van der Waals surface area contributed by atoms with Crippen LogP contribution in [-0.4, -0.2) is 25.2 Å². The van der Waals surface area contributed by atoms with Gasteiger partial charge in [0.2, 0.25) is 5.91 Å². The Bertz CT molecular complexity index is 420. The Morgan fingerprint density at radius 1 is 1.44 bits per heavy atom. The van der Waals surface area contributed by atoms with E-state index in [4.69, 9.17) is 10.5 Å². The number of primary amides is 1. The first-order valence-corrected chi connectivity index (χ1v) is 6.36. The fourth-order valence-corrected chi connectivity index (χ4v) is 2.60. The van der Waals surface area contributed by atoms with E-state index in [0.29, 0.717) is 18.2 Å². The van der Waals surface area contributed by atoms with E-state index in [1.54, 1.807) is 13.2 Å². The first-order valence-electron chi connectivity index (χ1n) is 6.36. The fraction of sp³-hybridized carbons (Fsp3) is 0.500. The molecule has 1 fully saturated rings. The van der Waals surface area contributed by atoms with Gasteiger partial charge in [0.05, 0.1) is 6.10 Å². The molecule has 1 saturated carbocycles. The number of carbonyl (C=O) groups excluding carboxylic acids is 1. The molecule has 0 saturated heterocycles. The van der Waals surface area contributed by atoms with Gasteiger partial charge in [0.25, 0.3) is 0 Å². The van der Waals surface area contributed by atoms with Crippen LogP contribution in [0.3, 0.4) is 0 Å². The highest BCUT2D eigenvalue weighted by molar-refractivity contribution is 5.94. The fourth-order valence-electron chi connectivity index (χ4n) is 2.60. The van der Waals surface area contributed by atoms with E-state index in [2.05, 4.69) is 5.32 Å². The van der Waals surface area contributed by atoms with E-state index in [1.165, 1.54) is 6.42 Å². The molecule has 0 bridgehead atoms. The first kappa shape index (κ1) is 13.1. The number of carbonyl (C=O) groups is 1. The second-order valence-electron chi connectivity index (χ2n) is 4.71. The number of ether oxygens (including phenoxy) is 1. The van der Waals surface area contributed by atoms with Crippen molar-refractivity contribution < 1.29 is 9.53 Å². The normalized spacial score (nSPS) is 23.2. The molecule has 2 atom stereocenters. The van der Waals surface area contributed by atoms with E-state index in [0.717, 1.165) is 18.4 Å². The number of amides is 1. The van der Waals surface area contributed by atoms with Gasteiger partial charge >= 0.3 is 0 Å². The maximum Gasteiger partial charge on any atom is 0.249 e. The number of methoxy groups -OCH3 is 1. The van der Waals surface area contributed by atoms with Gasteiger partial charge in [-0.1, -0.05) is 18.2 Å². The summed E-state index contributed by atoms with van der Waals surface area (Å²) in [7, 11) is 1.75. The molecule has 3 N–H and O–H groups in total. The molecule has 1 amide bonds. The lowest BCUT2D eigenvalue weighted by Gasteiger charge is -2.20. The summed E-state index contributed by atoms with van der Waals surface area (Å²) in [5.74, 6) is -0.373. The molecule has 0 aromatic heterocycles. The van der Waals surface area contributed by atoms with Crippen LogP contribution >= 0.6 is 0 Å². The number of hydrogen-bond acceptors (Lipinski definition) is 3. The summed E-state index contributed by atoms with van der Waals surface area (Å²) in [6, 6.07) is 7.82. The zero-order valence-corrected chi connectivity index (χ0v) is 10.7. The molecule has 0 radical (unpaired) electrons. The van der Waals surface area contributed by atoms with E-state index in [1.807, 2.05) is 18.2 Å². The van der Waals surface area contributed by atoms with Gasteiger partial charge < -0.3 is 15.8 Å². The molecule has 2 unspecified atom stereocenters. The lowest BCUT2D eigenvalue weighted by Crippen LogP contribution is -2.36. The van der Waals surface area contributed by atoms with Crippen molar-refractivity contribution >= 4 is 5.91 Å². The van der Waals surface area contributed by atoms with Crippen LogP contribution in [0, 0.1) is 0 Å². The Balaban J connectivity index is 2.00. The molecule has 0 heterocycles. The van der Waals surface area contributed by atoms with E-state index >= 15 is 0 Å². The largest absolute Gasteiger partial charge is 0.380 e. The van der Waals surface area contributed by atoms with Crippen molar-refractivity contribution in [1.29, 1.82) is 0 Å². The van der Waals surface area contributed by atoms with Gasteiger partial charge in [-0.3, -0.25) is 4.79 Å². The molecular weight excluding hydrogens is 228 g/mol. The van der Waals surface area contributed by atoms with Crippen molar-refractivity contribution in [3.8, 4) is 0 Å². The molecule has 4 nitrogen and oxygen atoms in total. The van der Waals surface area contributed by atoms with Crippen LogP contribution in [0.1, 0.15) is 35.2 Å². The second-order valence-corrected chi connectivity index (χ2v) is 4.71. The average Bonchev–Trinajstić information content (AvgIpc) is 2.84. The zero-order chi connectivity index (χ0) is 13.0. The monoisotopic (exact) mass is 248 g/mol. The predicted octanol–water partition coefficient (Wildman–Crippen LogP) is 1.44. The van der Waals surface area contributed by atoms with Crippen LogP contribution in [0.4, 0.5) is 0 Å². The number of rotatable bonds is 5. The predicted molar refractivity (Wildman–Crippen MR) is 70.2 cm³/mol. The third-order valence-corrected chi connectivity index (χ3v) is 3.59. The average molecular weight is 248 g/mol. The lowest BCUT2D eigenvalue weighted by molar-refractivity contribution is 0.0846. The van der Waals surface area contributed by atoms with Crippen molar-refractivity contribution in [1.82, 2.24) is 5.32 Å². The summed E-state index contributed by atoms with van der Waals surface area (Å²) < 4.78 is 5.44. The van der Waals surface area contributed by atoms with Gasteiger partial charge in [0.15, 0.2) is 0 Å². The SMILES string of the molecule is COC1CCCC1NCc1ccccc1C(N)=O. The topological polar surface area (TPSA) is 64.3 Å². The summed E-state index contributed by atoms with van der Waals surface area (Å²) in [5, 5.41) is 3.46. The Hall–Kier alpha value is -1.39. The minimum absolute atomic E-state index is 0.283. The van der Waals surface area contributed by atoms with E-state index in [9.17, 15) is 4.79 Å². The van der Waals surface area contributed by atoms with Crippen molar-refractivity contribution in [2.45, 2.75) is 38.0 Å². The quantitative estimate of drug-likeness (QED) is 0.828. The Kier molecular flexibility index (Phi) is 4.33. The minimum atomic E-state index is -0.373. The maximum absolute atomic E-state index is 11.3. The Morgan fingerprint density at radius 3 is 2.94 bits per heavy atom. The number of nitrogens with two attached hydrogens (primary N) is 1. The third-order valence-electron chi connectivity index (χ3n) is 3.59. The summed E-state index contributed by atoms with van der Waals surface area (Å²) >= 11 is 0. The van der Waals surface area contributed by atoms with Gasteiger partial charge in [-0.05, 0) is 30.9 Å². The lowest BCUT2D eigenvalue weighted by atomic mass is 10.1. The summed E-state index contributed by atoms with van der Waals surface area (Å²) in [4.78, 5) is 11.3. The molecule has 1 aromatic rings. The molecule has 0 aliphatic heterocycles.